The summed E-state index contributed by atoms with van der Waals surface area (Å²) in [6.07, 6.45) is 0. The zero-order chi connectivity index (χ0) is 14.2. The summed E-state index contributed by atoms with van der Waals surface area (Å²) >= 11 is 0. The van der Waals surface area contributed by atoms with Crippen LogP contribution in [0.1, 0.15) is 6.92 Å². The first kappa shape index (κ1) is 13.9. The molecule has 0 aromatic heterocycles. The average Bonchev–Trinajstić information content (AvgIpc) is 2.48. The van der Waals surface area contributed by atoms with Gasteiger partial charge in [0.15, 0.2) is 0 Å². The largest absolute Gasteiger partial charge is 0.457 e. The molecule has 20 heavy (non-hydrogen) atoms. The summed E-state index contributed by atoms with van der Waals surface area (Å²) < 4.78 is 5.69. The fourth-order valence-electron chi connectivity index (χ4n) is 1.71. The van der Waals surface area contributed by atoms with Gasteiger partial charge in [-0.1, -0.05) is 18.2 Å². The van der Waals surface area contributed by atoms with E-state index in [1.807, 2.05) is 61.5 Å². The van der Waals surface area contributed by atoms with Crippen molar-refractivity contribution >= 4 is 11.6 Å². The minimum atomic E-state index is -0.0166. The molecule has 0 saturated carbocycles. The Balaban J connectivity index is 1.88. The predicted molar refractivity (Wildman–Crippen MR) is 80.1 cm³/mol. The normalized spacial score (nSPS) is 9.85. The number of ether oxygens (including phenoxy) is 1. The van der Waals surface area contributed by atoms with Crippen LogP contribution in [-0.4, -0.2) is 19.0 Å². The van der Waals surface area contributed by atoms with Gasteiger partial charge in [0, 0.05) is 12.2 Å². The molecule has 2 N–H and O–H groups in total. The first-order valence-corrected chi connectivity index (χ1v) is 6.61. The molecular formula is C16H18N2O2. The van der Waals surface area contributed by atoms with E-state index in [1.165, 1.54) is 0 Å². The SMILES string of the molecule is CCNC(=O)CNc1ccc(Oc2ccccc2)cc1. The molecule has 2 aromatic carbocycles. The Kier molecular flexibility index (Phi) is 5.00. The molecule has 0 unspecified atom stereocenters. The minimum absolute atomic E-state index is 0.0166. The third kappa shape index (κ3) is 4.31. The minimum Gasteiger partial charge on any atom is -0.457 e. The highest BCUT2D eigenvalue weighted by Gasteiger charge is 2.00. The van der Waals surface area contributed by atoms with Crippen LogP contribution in [0.5, 0.6) is 11.5 Å². The highest BCUT2D eigenvalue weighted by atomic mass is 16.5. The zero-order valence-corrected chi connectivity index (χ0v) is 11.4. The molecule has 0 saturated heterocycles. The lowest BCUT2D eigenvalue weighted by molar-refractivity contribution is -0.119. The summed E-state index contributed by atoms with van der Waals surface area (Å²) in [5.74, 6) is 1.55. The second kappa shape index (κ2) is 7.19. The number of benzene rings is 2. The van der Waals surface area contributed by atoms with Crippen LogP contribution >= 0.6 is 0 Å². The molecule has 0 aliphatic heterocycles. The van der Waals surface area contributed by atoms with Crippen LogP contribution in [0, 0.1) is 0 Å². The summed E-state index contributed by atoms with van der Waals surface area (Å²) in [5, 5.41) is 5.79. The number of likely N-dealkylation sites (N-methyl/N-ethyl adjacent to an activating group) is 1. The molecule has 2 rings (SSSR count). The molecular weight excluding hydrogens is 252 g/mol. The van der Waals surface area contributed by atoms with Gasteiger partial charge in [-0.2, -0.15) is 0 Å². The van der Waals surface area contributed by atoms with E-state index < -0.39 is 0 Å². The van der Waals surface area contributed by atoms with Gasteiger partial charge in [-0.05, 0) is 43.3 Å². The molecule has 0 radical (unpaired) electrons. The van der Waals surface area contributed by atoms with Crippen molar-refractivity contribution in [3.8, 4) is 11.5 Å². The lowest BCUT2D eigenvalue weighted by Gasteiger charge is -2.08. The Morgan fingerprint density at radius 3 is 2.30 bits per heavy atom. The number of carbonyl (C=O) groups excluding carboxylic acids is 1. The second-order valence-corrected chi connectivity index (χ2v) is 4.25. The molecule has 4 heteroatoms. The smallest absolute Gasteiger partial charge is 0.239 e. The molecule has 104 valence electrons. The van der Waals surface area contributed by atoms with Crippen LogP contribution in [0.2, 0.25) is 0 Å². The Morgan fingerprint density at radius 1 is 1.00 bits per heavy atom. The molecule has 0 fully saturated rings. The van der Waals surface area contributed by atoms with Crippen molar-refractivity contribution in [2.75, 3.05) is 18.4 Å². The lowest BCUT2D eigenvalue weighted by atomic mass is 10.3. The van der Waals surface area contributed by atoms with E-state index >= 15 is 0 Å². The Labute approximate surface area is 118 Å². The molecule has 0 atom stereocenters. The topological polar surface area (TPSA) is 50.4 Å². The number of amides is 1. The van der Waals surface area contributed by atoms with Crippen molar-refractivity contribution in [2.45, 2.75) is 6.92 Å². The van der Waals surface area contributed by atoms with E-state index in [0.29, 0.717) is 6.54 Å². The molecule has 0 heterocycles. The molecule has 2 aromatic rings. The van der Waals surface area contributed by atoms with Gasteiger partial charge in [-0.15, -0.1) is 0 Å². The highest BCUT2D eigenvalue weighted by molar-refractivity contribution is 5.80. The molecule has 0 aliphatic rings. The number of carbonyl (C=O) groups is 1. The Morgan fingerprint density at radius 2 is 1.65 bits per heavy atom. The fraction of sp³-hybridized carbons (Fsp3) is 0.188. The predicted octanol–water partition coefficient (Wildman–Crippen LogP) is 3.03. The highest BCUT2D eigenvalue weighted by Crippen LogP contribution is 2.22. The number of anilines is 1. The van der Waals surface area contributed by atoms with Gasteiger partial charge in [0.2, 0.25) is 5.91 Å². The standard InChI is InChI=1S/C16H18N2O2/c1-2-17-16(19)12-18-13-8-10-15(11-9-13)20-14-6-4-3-5-7-14/h3-11,18H,2,12H2,1H3,(H,17,19). The van der Waals surface area contributed by atoms with Crippen LogP contribution in [0.15, 0.2) is 54.6 Å². The van der Waals surface area contributed by atoms with Gasteiger partial charge < -0.3 is 15.4 Å². The van der Waals surface area contributed by atoms with Crippen LogP contribution in [0.3, 0.4) is 0 Å². The Bertz CT molecular complexity index is 538. The van der Waals surface area contributed by atoms with Gasteiger partial charge in [-0.3, -0.25) is 4.79 Å². The van der Waals surface area contributed by atoms with E-state index in [4.69, 9.17) is 4.74 Å². The van der Waals surface area contributed by atoms with Gasteiger partial charge in [0.1, 0.15) is 11.5 Å². The molecule has 4 nitrogen and oxygen atoms in total. The quantitative estimate of drug-likeness (QED) is 0.848. The summed E-state index contributed by atoms with van der Waals surface area (Å²) in [7, 11) is 0. The number of hydrogen-bond donors (Lipinski definition) is 2. The maximum absolute atomic E-state index is 11.3. The number of nitrogens with one attached hydrogen (secondary N) is 2. The molecule has 0 aliphatic carbocycles. The average molecular weight is 270 g/mol. The van der Waals surface area contributed by atoms with E-state index in [2.05, 4.69) is 10.6 Å². The van der Waals surface area contributed by atoms with Gasteiger partial charge in [0.05, 0.1) is 6.54 Å². The van der Waals surface area contributed by atoms with Gasteiger partial charge >= 0.3 is 0 Å². The first-order valence-electron chi connectivity index (χ1n) is 6.61. The molecule has 0 bridgehead atoms. The Hall–Kier alpha value is -2.49. The zero-order valence-electron chi connectivity index (χ0n) is 11.4. The van der Waals surface area contributed by atoms with Crippen molar-refractivity contribution in [3.05, 3.63) is 54.6 Å². The monoisotopic (exact) mass is 270 g/mol. The van der Waals surface area contributed by atoms with E-state index in [9.17, 15) is 4.79 Å². The van der Waals surface area contributed by atoms with Crippen LogP contribution in [0.4, 0.5) is 5.69 Å². The van der Waals surface area contributed by atoms with Gasteiger partial charge in [0.25, 0.3) is 0 Å². The van der Waals surface area contributed by atoms with Crippen molar-refractivity contribution in [3.63, 3.8) is 0 Å². The number of para-hydroxylation sites is 1. The summed E-state index contributed by atoms with van der Waals surface area (Å²) in [6, 6.07) is 17.1. The first-order chi connectivity index (χ1) is 9.78. The maximum atomic E-state index is 11.3. The third-order valence-corrected chi connectivity index (χ3v) is 2.66. The van der Waals surface area contributed by atoms with E-state index in [0.717, 1.165) is 17.2 Å². The van der Waals surface area contributed by atoms with Crippen molar-refractivity contribution < 1.29 is 9.53 Å². The third-order valence-electron chi connectivity index (χ3n) is 2.66. The van der Waals surface area contributed by atoms with Gasteiger partial charge in [-0.25, -0.2) is 0 Å². The summed E-state index contributed by atoms with van der Waals surface area (Å²) in [4.78, 5) is 11.3. The number of rotatable bonds is 6. The van der Waals surface area contributed by atoms with Crippen LogP contribution in [-0.2, 0) is 4.79 Å². The van der Waals surface area contributed by atoms with E-state index in [1.54, 1.807) is 0 Å². The summed E-state index contributed by atoms with van der Waals surface area (Å²) in [5.41, 5.74) is 0.886. The van der Waals surface area contributed by atoms with Crippen molar-refractivity contribution in [1.29, 1.82) is 0 Å². The van der Waals surface area contributed by atoms with Crippen LogP contribution < -0.4 is 15.4 Å². The van der Waals surface area contributed by atoms with Crippen molar-refractivity contribution in [1.82, 2.24) is 5.32 Å². The maximum Gasteiger partial charge on any atom is 0.239 e. The second-order valence-electron chi connectivity index (χ2n) is 4.25. The number of hydrogen-bond acceptors (Lipinski definition) is 3. The molecule has 1 amide bonds. The summed E-state index contributed by atoms with van der Waals surface area (Å²) in [6.45, 7) is 2.81. The van der Waals surface area contributed by atoms with Crippen LogP contribution in [0.25, 0.3) is 0 Å². The molecule has 0 spiro atoms. The van der Waals surface area contributed by atoms with Crippen molar-refractivity contribution in [2.24, 2.45) is 0 Å². The van der Waals surface area contributed by atoms with E-state index in [-0.39, 0.29) is 12.5 Å². The lowest BCUT2D eigenvalue weighted by Crippen LogP contribution is -2.29. The fourth-order valence-corrected chi connectivity index (χ4v) is 1.71.